The van der Waals surface area contributed by atoms with Gasteiger partial charge < -0.3 is 20.3 Å². The van der Waals surface area contributed by atoms with Gasteiger partial charge in [0.2, 0.25) is 21.6 Å². The topological polar surface area (TPSA) is 151 Å². The van der Waals surface area contributed by atoms with Crippen LogP contribution in [0.1, 0.15) is 34.7 Å². The van der Waals surface area contributed by atoms with Gasteiger partial charge >= 0.3 is 0 Å². The molecule has 13 heteroatoms. The van der Waals surface area contributed by atoms with Gasteiger partial charge in [-0.05, 0) is 48.4 Å². The molecule has 42 heavy (non-hydrogen) atoms. The number of benzene rings is 3. The Morgan fingerprint density at radius 2 is 1.81 bits per heavy atom. The number of amides is 1. The molecule has 1 atom stereocenters. The van der Waals surface area contributed by atoms with E-state index < -0.39 is 54.7 Å². The van der Waals surface area contributed by atoms with Gasteiger partial charge in [-0.2, -0.15) is 4.98 Å². The van der Waals surface area contributed by atoms with Gasteiger partial charge in [0.1, 0.15) is 24.1 Å². The first kappa shape index (κ1) is 30.5. The minimum atomic E-state index is -4.88. The highest BCUT2D eigenvalue weighted by Crippen LogP contribution is 2.32. The maximum atomic E-state index is 15.4. The minimum Gasteiger partial charge on any atom is -0.492 e. The molecule has 0 spiro atoms. The Labute approximate surface area is 239 Å². The second kappa shape index (κ2) is 12.6. The van der Waals surface area contributed by atoms with Gasteiger partial charge in [-0.3, -0.25) is 14.2 Å². The van der Waals surface area contributed by atoms with E-state index in [1.54, 1.807) is 13.0 Å². The number of ether oxygens (including phenoxy) is 2. The lowest BCUT2D eigenvalue weighted by Crippen LogP contribution is -2.35. The van der Waals surface area contributed by atoms with Crippen molar-refractivity contribution < 1.29 is 36.6 Å². The quantitative estimate of drug-likeness (QED) is 0.266. The lowest BCUT2D eigenvalue weighted by Gasteiger charge is -2.24. The lowest BCUT2D eigenvalue weighted by atomic mass is 9.99. The van der Waals surface area contributed by atoms with Crippen LogP contribution in [0.25, 0.3) is 11.1 Å². The summed E-state index contributed by atoms with van der Waals surface area (Å²) in [7, 11) is -3.54. The average Bonchev–Trinajstić information content (AvgIpc) is 2.95. The van der Waals surface area contributed by atoms with Crippen molar-refractivity contribution in [2.24, 2.45) is 5.73 Å². The molecule has 1 amide bonds. The van der Waals surface area contributed by atoms with Crippen LogP contribution in [0.4, 0.5) is 8.78 Å². The van der Waals surface area contributed by atoms with Crippen molar-refractivity contribution >= 4 is 15.7 Å². The lowest BCUT2D eigenvalue weighted by molar-refractivity contribution is 0.100. The van der Waals surface area contributed by atoms with E-state index in [9.17, 15) is 27.5 Å². The summed E-state index contributed by atoms with van der Waals surface area (Å²) in [5.41, 5.74) is 4.50. The third-order valence-electron chi connectivity index (χ3n) is 6.44. The number of primary amides is 1. The maximum absolute atomic E-state index is 15.4. The molecular weight excluding hydrogens is 572 g/mol. The summed E-state index contributed by atoms with van der Waals surface area (Å²) in [5.74, 6) is -3.71. The standard InChI is InChI=1S/C29H27F2N3O7S/c1-3-41-16-25-33-28(36)26(29(37)34(25)24(15-40-2)17-7-6-8-18(30)13-17)42(38,39)19-11-12-21(23(31)14-19)20-9-4-5-10-22(20)27(32)35/h4-14,24,36H,3,15-16H2,1-2H3,(H2,32,35). The Morgan fingerprint density at radius 3 is 2.45 bits per heavy atom. The summed E-state index contributed by atoms with van der Waals surface area (Å²) in [5, 5.41) is 10.7. The Balaban J connectivity index is 1.92. The third kappa shape index (κ3) is 5.93. The molecule has 1 aromatic heterocycles. The summed E-state index contributed by atoms with van der Waals surface area (Å²) in [6.07, 6.45) is 0. The number of carbonyl (C=O) groups excluding carboxylic acids is 1. The predicted octanol–water partition coefficient (Wildman–Crippen LogP) is 3.60. The first-order chi connectivity index (χ1) is 20.0. The highest BCUT2D eigenvalue weighted by Gasteiger charge is 2.33. The fourth-order valence-corrected chi connectivity index (χ4v) is 5.88. The van der Waals surface area contributed by atoms with E-state index in [0.717, 1.165) is 22.8 Å². The fourth-order valence-electron chi connectivity index (χ4n) is 4.52. The van der Waals surface area contributed by atoms with Crippen LogP contribution < -0.4 is 11.3 Å². The van der Waals surface area contributed by atoms with Gasteiger partial charge in [0.15, 0.2) is 4.90 Å². The van der Waals surface area contributed by atoms with Gasteiger partial charge in [-0.15, -0.1) is 0 Å². The minimum absolute atomic E-state index is 0.0168. The molecule has 0 aliphatic rings. The number of rotatable bonds is 11. The van der Waals surface area contributed by atoms with Gasteiger partial charge in [0.25, 0.3) is 5.56 Å². The van der Waals surface area contributed by atoms with E-state index in [4.69, 9.17) is 15.2 Å². The highest BCUT2D eigenvalue weighted by molar-refractivity contribution is 7.91. The molecule has 1 heterocycles. The van der Waals surface area contributed by atoms with Crippen LogP contribution in [0, 0.1) is 11.6 Å². The van der Waals surface area contributed by atoms with E-state index in [1.165, 1.54) is 43.5 Å². The van der Waals surface area contributed by atoms with Crippen LogP contribution in [0.15, 0.2) is 81.3 Å². The summed E-state index contributed by atoms with van der Waals surface area (Å²) in [4.78, 5) is 27.9. The average molecular weight is 600 g/mol. The fraction of sp³-hybridized carbons (Fsp3) is 0.207. The molecule has 220 valence electrons. The van der Waals surface area contributed by atoms with Crippen LogP contribution in [0.3, 0.4) is 0 Å². The molecule has 3 aromatic carbocycles. The number of halogens is 2. The number of nitrogens with two attached hydrogens (primary N) is 1. The Bertz CT molecular complexity index is 1810. The zero-order valence-electron chi connectivity index (χ0n) is 22.6. The van der Waals surface area contributed by atoms with Crippen LogP contribution in [-0.4, -0.2) is 49.3 Å². The molecule has 1 unspecified atom stereocenters. The van der Waals surface area contributed by atoms with Gasteiger partial charge in [-0.1, -0.05) is 36.4 Å². The number of sulfone groups is 1. The molecule has 0 fully saturated rings. The summed E-state index contributed by atoms with van der Waals surface area (Å²) in [6.45, 7) is 1.39. The van der Waals surface area contributed by atoms with Crippen molar-refractivity contribution in [2.75, 3.05) is 20.3 Å². The first-order valence-electron chi connectivity index (χ1n) is 12.6. The molecule has 0 saturated carbocycles. The van der Waals surface area contributed by atoms with Crippen LogP contribution in [0.2, 0.25) is 0 Å². The molecule has 0 radical (unpaired) electrons. The number of hydrogen-bond donors (Lipinski definition) is 2. The second-order valence-electron chi connectivity index (χ2n) is 9.07. The van der Waals surface area contributed by atoms with Crippen LogP contribution in [-0.2, 0) is 25.9 Å². The number of aromatic nitrogens is 2. The van der Waals surface area contributed by atoms with Crippen LogP contribution >= 0.6 is 0 Å². The Hall–Kier alpha value is -4.46. The molecule has 3 N–H and O–H groups in total. The molecular formula is C29H27F2N3O7S. The van der Waals surface area contributed by atoms with E-state index in [-0.39, 0.29) is 47.9 Å². The van der Waals surface area contributed by atoms with E-state index in [0.29, 0.717) is 6.07 Å². The van der Waals surface area contributed by atoms with Crippen molar-refractivity contribution in [1.82, 2.24) is 9.55 Å². The number of aromatic hydroxyl groups is 1. The molecule has 4 rings (SSSR count). The number of carbonyl (C=O) groups is 1. The largest absolute Gasteiger partial charge is 0.492 e. The molecule has 10 nitrogen and oxygen atoms in total. The van der Waals surface area contributed by atoms with Crippen molar-refractivity contribution in [3.8, 4) is 17.0 Å². The van der Waals surface area contributed by atoms with Gasteiger partial charge in [-0.25, -0.2) is 17.2 Å². The molecule has 0 aliphatic heterocycles. The molecule has 4 aromatic rings. The number of hydrogen-bond acceptors (Lipinski definition) is 8. The summed E-state index contributed by atoms with van der Waals surface area (Å²) in [6, 6.07) is 13.0. The van der Waals surface area contributed by atoms with E-state index in [1.807, 2.05) is 0 Å². The van der Waals surface area contributed by atoms with E-state index in [2.05, 4.69) is 4.98 Å². The third-order valence-corrected chi connectivity index (χ3v) is 8.21. The SMILES string of the molecule is CCOCc1nc(O)c(S(=O)(=O)c2ccc(-c3ccccc3C(N)=O)c(F)c2)c(=O)n1C(COC)c1cccc(F)c1. The predicted molar refractivity (Wildman–Crippen MR) is 148 cm³/mol. The summed E-state index contributed by atoms with van der Waals surface area (Å²) >= 11 is 0. The molecule has 0 aliphatic carbocycles. The van der Waals surface area contributed by atoms with Crippen molar-refractivity contribution in [2.45, 2.75) is 29.4 Å². The zero-order valence-corrected chi connectivity index (χ0v) is 23.4. The highest BCUT2D eigenvalue weighted by atomic mass is 32.2. The first-order valence-corrected chi connectivity index (χ1v) is 14.1. The Kier molecular flexibility index (Phi) is 9.14. The smallest absolute Gasteiger partial charge is 0.277 e. The monoisotopic (exact) mass is 599 g/mol. The van der Waals surface area contributed by atoms with Gasteiger partial charge in [0, 0.05) is 24.8 Å². The number of methoxy groups -OCH3 is 1. The van der Waals surface area contributed by atoms with Crippen LogP contribution in [0.5, 0.6) is 5.88 Å². The molecule has 0 bridgehead atoms. The second-order valence-corrected chi connectivity index (χ2v) is 11.0. The van der Waals surface area contributed by atoms with E-state index >= 15 is 4.39 Å². The molecule has 0 saturated heterocycles. The normalized spacial score (nSPS) is 12.3. The number of nitrogens with zero attached hydrogens (tertiary/aromatic N) is 2. The van der Waals surface area contributed by atoms with Gasteiger partial charge in [0.05, 0.1) is 17.5 Å². The Morgan fingerprint density at radius 1 is 1.07 bits per heavy atom. The summed E-state index contributed by atoms with van der Waals surface area (Å²) < 4.78 is 68.5. The van der Waals surface area contributed by atoms with Crippen molar-refractivity contribution in [1.29, 1.82) is 0 Å². The maximum Gasteiger partial charge on any atom is 0.277 e. The zero-order chi connectivity index (χ0) is 30.6. The van der Waals surface area contributed by atoms with Crippen molar-refractivity contribution in [3.63, 3.8) is 0 Å². The van der Waals surface area contributed by atoms with Crippen molar-refractivity contribution in [3.05, 3.63) is 106 Å².